The number of rotatable bonds is 8. The van der Waals surface area contributed by atoms with Crippen LogP contribution in [0.1, 0.15) is 44.1 Å². The van der Waals surface area contributed by atoms with E-state index in [0.717, 1.165) is 32.1 Å². The lowest BCUT2D eigenvalue weighted by Gasteiger charge is -2.36. The standard InChI is InChI=1S/C17H22N2O3/c18-12-14-5-3-6-15(11-14)22-10-2-1-7-16(20)19-13-17(21)8-4-9-17/h3,5-6,11,21H,1-2,4,7-10,13H2,(H,19,20). The zero-order valence-corrected chi connectivity index (χ0v) is 12.7. The van der Waals surface area contributed by atoms with E-state index in [4.69, 9.17) is 10.00 Å². The number of unbranched alkanes of at least 4 members (excludes halogenated alkanes) is 1. The second-order valence-electron chi connectivity index (χ2n) is 5.80. The zero-order valence-electron chi connectivity index (χ0n) is 12.7. The molecule has 0 atom stereocenters. The van der Waals surface area contributed by atoms with Gasteiger partial charge in [-0.25, -0.2) is 0 Å². The van der Waals surface area contributed by atoms with E-state index in [2.05, 4.69) is 11.4 Å². The van der Waals surface area contributed by atoms with Crippen LogP contribution < -0.4 is 10.1 Å². The highest BCUT2D eigenvalue weighted by Crippen LogP contribution is 2.30. The second-order valence-corrected chi connectivity index (χ2v) is 5.80. The molecule has 1 aromatic carbocycles. The van der Waals surface area contributed by atoms with Crippen LogP contribution in [0, 0.1) is 11.3 Å². The van der Waals surface area contributed by atoms with E-state index < -0.39 is 5.60 Å². The van der Waals surface area contributed by atoms with Gasteiger partial charge in [-0.15, -0.1) is 0 Å². The number of nitrogens with one attached hydrogen (secondary N) is 1. The molecule has 1 aliphatic carbocycles. The van der Waals surface area contributed by atoms with Crippen LogP contribution in [0.5, 0.6) is 5.75 Å². The fourth-order valence-electron chi connectivity index (χ4n) is 2.35. The Labute approximate surface area is 130 Å². The summed E-state index contributed by atoms with van der Waals surface area (Å²) in [5.74, 6) is 0.655. The van der Waals surface area contributed by atoms with E-state index in [1.807, 2.05) is 6.07 Å². The van der Waals surface area contributed by atoms with Crippen molar-refractivity contribution in [3.05, 3.63) is 29.8 Å². The molecule has 0 radical (unpaired) electrons. The maximum atomic E-state index is 11.6. The van der Waals surface area contributed by atoms with E-state index in [9.17, 15) is 9.90 Å². The lowest BCUT2D eigenvalue weighted by atomic mass is 9.80. The van der Waals surface area contributed by atoms with Crippen LogP contribution in [0.3, 0.4) is 0 Å². The predicted octanol–water partition coefficient (Wildman–Crippen LogP) is 2.14. The minimum Gasteiger partial charge on any atom is -0.494 e. The van der Waals surface area contributed by atoms with Crippen LogP contribution in [-0.2, 0) is 4.79 Å². The number of aliphatic hydroxyl groups is 1. The Morgan fingerprint density at radius 1 is 1.41 bits per heavy atom. The summed E-state index contributed by atoms with van der Waals surface area (Å²) in [4.78, 5) is 11.6. The first kappa shape index (κ1) is 16.3. The topological polar surface area (TPSA) is 82.3 Å². The van der Waals surface area contributed by atoms with Crippen molar-refractivity contribution in [1.29, 1.82) is 5.26 Å². The van der Waals surface area contributed by atoms with Crippen molar-refractivity contribution in [2.45, 2.75) is 44.1 Å². The van der Waals surface area contributed by atoms with Crippen molar-refractivity contribution < 1.29 is 14.6 Å². The highest BCUT2D eigenvalue weighted by atomic mass is 16.5. The SMILES string of the molecule is N#Cc1cccc(OCCCCC(=O)NCC2(O)CCC2)c1. The third kappa shape index (κ3) is 5.05. The predicted molar refractivity (Wildman–Crippen MR) is 82.3 cm³/mol. The molecule has 1 saturated carbocycles. The second kappa shape index (κ2) is 7.81. The molecule has 1 amide bonds. The van der Waals surface area contributed by atoms with Gasteiger partial charge in [0.05, 0.1) is 23.8 Å². The third-order valence-corrected chi connectivity index (χ3v) is 3.93. The van der Waals surface area contributed by atoms with Crippen molar-refractivity contribution in [3.63, 3.8) is 0 Å². The van der Waals surface area contributed by atoms with E-state index in [0.29, 0.717) is 30.9 Å². The maximum Gasteiger partial charge on any atom is 0.220 e. The summed E-state index contributed by atoms with van der Waals surface area (Å²) in [6.07, 6.45) is 4.55. The summed E-state index contributed by atoms with van der Waals surface area (Å²) in [5.41, 5.74) is -0.0874. The Morgan fingerprint density at radius 2 is 2.23 bits per heavy atom. The summed E-state index contributed by atoms with van der Waals surface area (Å²) in [7, 11) is 0. The Kier molecular flexibility index (Phi) is 5.79. The monoisotopic (exact) mass is 302 g/mol. The van der Waals surface area contributed by atoms with E-state index in [1.165, 1.54) is 0 Å². The van der Waals surface area contributed by atoms with Gasteiger partial charge in [-0.05, 0) is 50.3 Å². The summed E-state index contributed by atoms with van der Waals surface area (Å²) in [5, 5.41) is 21.5. The van der Waals surface area contributed by atoms with Crippen molar-refractivity contribution in [3.8, 4) is 11.8 Å². The maximum absolute atomic E-state index is 11.6. The first-order valence-electron chi connectivity index (χ1n) is 7.73. The van der Waals surface area contributed by atoms with Crippen molar-refractivity contribution in [2.24, 2.45) is 0 Å². The average molecular weight is 302 g/mol. The van der Waals surface area contributed by atoms with Gasteiger partial charge in [-0.3, -0.25) is 4.79 Å². The Morgan fingerprint density at radius 3 is 2.91 bits per heavy atom. The van der Waals surface area contributed by atoms with Crippen molar-refractivity contribution >= 4 is 5.91 Å². The molecule has 0 aliphatic heterocycles. The molecule has 1 aromatic rings. The number of hydrogen-bond donors (Lipinski definition) is 2. The van der Waals surface area contributed by atoms with Gasteiger partial charge in [0.2, 0.25) is 5.91 Å². The Balaban J connectivity index is 1.55. The number of hydrogen-bond acceptors (Lipinski definition) is 4. The van der Waals surface area contributed by atoms with Crippen LogP contribution in [0.2, 0.25) is 0 Å². The van der Waals surface area contributed by atoms with Gasteiger partial charge in [0, 0.05) is 13.0 Å². The highest BCUT2D eigenvalue weighted by molar-refractivity contribution is 5.75. The zero-order chi connectivity index (χ0) is 15.8. The molecule has 1 aliphatic rings. The van der Waals surface area contributed by atoms with Crippen LogP contribution in [-0.4, -0.2) is 29.8 Å². The molecular weight excluding hydrogens is 280 g/mol. The highest BCUT2D eigenvalue weighted by Gasteiger charge is 2.34. The first-order chi connectivity index (χ1) is 10.6. The number of carbonyl (C=O) groups is 1. The van der Waals surface area contributed by atoms with Gasteiger partial charge in [-0.2, -0.15) is 5.26 Å². The fourth-order valence-corrected chi connectivity index (χ4v) is 2.35. The summed E-state index contributed by atoms with van der Waals surface area (Å²) < 4.78 is 5.55. The number of nitrogens with zero attached hydrogens (tertiary/aromatic N) is 1. The van der Waals surface area contributed by atoms with Gasteiger partial charge in [0.25, 0.3) is 0 Å². The Hall–Kier alpha value is -2.06. The van der Waals surface area contributed by atoms with Crippen LogP contribution >= 0.6 is 0 Å². The lowest BCUT2D eigenvalue weighted by molar-refractivity contribution is -0.123. The van der Waals surface area contributed by atoms with Gasteiger partial charge >= 0.3 is 0 Å². The lowest BCUT2D eigenvalue weighted by Crippen LogP contribution is -2.47. The van der Waals surface area contributed by atoms with Gasteiger partial charge in [0.15, 0.2) is 0 Å². The largest absolute Gasteiger partial charge is 0.494 e. The van der Waals surface area contributed by atoms with E-state index in [1.54, 1.807) is 18.2 Å². The molecule has 5 heteroatoms. The molecule has 2 N–H and O–H groups in total. The van der Waals surface area contributed by atoms with Crippen molar-refractivity contribution in [2.75, 3.05) is 13.2 Å². The fraction of sp³-hybridized carbons (Fsp3) is 0.529. The molecule has 0 aromatic heterocycles. The number of benzene rings is 1. The third-order valence-electron chi connectivity index (χ3n) is 3.93. The average Bonchev–Trinajstić information content (AvgIpc) is 2.51. The molecule has 1 fully saturated rings. The summed E-state index contributed by atoms with van der Waals surface area (Å²) in [6, 6.07) is 9.09. The van der Waals surface area contributed by atoms with Crippen LogP contribution in [0.25, 0.3) is 0 Å². The molecule has 0 saturated heterocycles. The Bertz CT molecular complexity index is 547. The first-order valence-corrected chi connectivity index (χ1v) is 7.73. The number of carbonyl (C=O) groups excluding carboxylic acids is 1. The smallest absolute Gasteiger partial charge is 0.220 e. The number of ether oxygens (including phenoxy) is 1. The molecule has 0 unspecified atom stereocenters. The molecular formula is C17H22N2O3. The van der Waals surface area contributed by atoms with Crippen molar-refractivity contribution in [1.82, 2.24) is 5.32 Å². The summed E-state index contributed by atoms with van der Waals surface area (Å²) in [6.45, 7) is 0.884. The summed E-state index contributed by atoms with van der Waals surface area (Å²) >= 11 is 0. The molecule has 2 rings (SSSR count). The molecule has 0 bridgehead atoms. The van der Waals surface area contributed by atoms with Gasteiger partial charge in [-0.1, -0.05) is 6.07 Å². The molecule has 118 valence electrons. The van der Waals surface area contributed by atoms with E-state index >= 15 is 0 Å². The van der Waals surface area contributed by atoms with Gasteiger partial charge in [0.1, 0.15) is 5.75 Å². The molecule has 0 heterocycles. The van der Waals surface area contributed by atoms with Crippen LogP contribution in [0.15, 0.2) is 24.3 Å². The van der Waals surface area contributed by atoms with E-state index in [-0.39, 0.29) is 5.91 Å². The quantitative estimate of drug-likeness (QED) is 0.721. The molecule has 22 heavy (non-hydrogen) atoms. The number of amides is 1. The minimum atomic E-state index is -0.662. The number of nitriles is 1. The molecule has 5 nitrogen and oxygen atoms in total. The molecule has 0 spiro atoms. The van der Waals surface area contributed by atoms with Crippen LogP contribution in [0.4, 0.5) is 0 Å². The van der Waals surface area contributed by atoms with Gasteiger partial charge < -0.3 is 15.2 Å². The minimum absolute atomic E-state index is 0.0215. The normalized spacial score (nSPS) is 15.5.